The topological polar surface area (TPSA) is 75.9 Å². The monoisotopic (exact) mass is 245 g/mol. The molecule has 2 heterocycles. The van der Waals surface area contributed by atoms with Crippen molar-refractivity contribution in [3.8, 4) is 0 Å². The zero-order valence-electron chi connectivity index (χ0n) is 9.97. The summed E-state index contributed by atoms with van der Waals surface area (Å²) < 4.78 is 5.47. The Labute approximate surface area is 105 Å². The van der Waals surface area contributed by atoms with Gasteiger partial charge in [0.1, 0.15) is 0 Å². The van der Waals surface area contributed by atoms with Gasteiger partial charge in [-0.3, -0.25) is 4.98 Å². The van der Waals surface area contributed by atoms with Crippen molar-refractivity contribution in [2.24, 2.45) is 0 Å². The fourth-order valence-corrected chi connectivity index (χ4v) is 1.60. The van der Waals surface area contributed by atoms with Crippen LogP contribution in [0, 0.1) is 0 Å². The second kappa shape index (κ2) is 5.14. The molecule has 1 saturated carbocycles. The molecule has 0 atom stereocenters. The van der Waals surface area contributed by atoms with Crippen LogP contribution < -0.4 is 10.6 Å². The second-order valence-electron chi connectivity index (χ2n) is 4.37. The minimum Gasteiger partial charge on any atom is -0.407 e. The van der Waals surface area contributed by atoms with Gasteiger partial charge in [0.2, 0.25) is 5.89 Å². The van der Waals surface area contributed by atoms with Gasteiger partial charge in [0.25, 0.3) is 0 Å². The Bertz CT molecular complexity index is 494. The van der Waals surface area contributed by atoms with Gasteiger partial charge in [0, 0.05) is 25.0 Å². The van der Waals surface area contributed by atoms with Crippen LogP contribution in [0.2, 0.25) is 0 Å². The van der Waals surface area contributed by atoms with E-state index < -0.39 is 0 Å². The van der Waals surface area contributed by atoms with E-state index in [0.717, 1.165) is 5.56 Å². The summed E-state index contributed by atoms with van der Waals surface area (Å²) in [6, 6.07) is 4.98. The molecule has 0 aliphatic heterocycles. The molecule has 2 aromatic heterocycles. The summed E-state index contributed by atoms with van der Waals surface area (Å²) in [5.41, 5.74) is 1.08. The minimum atomic E-state index is 0.450. The normalized spacial score (nSPS) is 14.7. The van der Waals surface area contributed by atoms with E-state index in [1.54, 1.807) is 12.4 Å². The Hall–Kier alpha value is -1.95. The van der Waals surface area contributed by atoms with Crippen molar-refractivity contribution in [3.63, 3.8) is 0 Å². The van der Waals surface area contributed by atoms with E-state index in [1.807, 2.05) is 12.1 Å². The number of nitrogens with zero attached hydrogens (tertiary/aromatic N) is 3. The van der Waals surface area contributed by atoms with E-state index in [1.165, 1.54) is 12.8 Å². The molecule has 6 nitrogen and oxygen atoms in total. The molecule has 0 amide bonds. The predicted octanol–water partition coefficient (Wildman–Crippen LogP) is 1.33. The zero-order chi connectivity index (χ0) is 12.2. The van der Waals surface area contributed by atoms with Crippen molar-refractivity contribution in [2.45, 2.75) is 32.0 Å². The molecule has 1 aliphatic carbocycles. The molecule has 0 aromatic carbocycles. The van der Waals surface area contributed by atoms with Crippen LogP contribution in [0.1, 0.15) is 24.3 Å². The van der Waals surface area contributed by atoms with Crippen molar-refractivity contribution in [1.82, 2.24) is 20.5 Å². The first-order valence-corrected chi connectivity index (χ1v) is 6.09. The fourth-order valence-electron chi connectivity index (χ4n) is 1.60. The molecule has 0 spiro atoms. The minimum absolute atomic E-state index is 0.450. The lowest BCUT2D eigenvalue weighted by Gasteiger charge is -2.00. The summed E-state index contributed by atoms with van der Waals surface area (Å²) in [6.45, 7) is 1.28. The van der Waals surface area contributed by atoms with Gasteiger partial charge in [0.15, 0.2) is 0 Å². The van der Waals surface area contributed by atoms with E-state index in [4.69, 9.17) is 4.42 Å². The average Bonchev–Trinajstić information content (AvgIpc) is 3.14. The van der Waals surface area contributed by atoms with Gasteiger partial charge in [-0.2, -0.15) is 0 Å². The molecule has 2 N–H and O–H groups in total. The maximum Gasteiger partial charge on any atom is 0.315 e. The maximum atomic E-state index is 5.47. The molecule has 94 valence electrons. The lowest BCUT2D eigenvalue weighted by Crippen LogP contribution is -2.15. The highest BCUT2D eigenvalue weighted by atomic mass is 16.4. The quantitative estimate of drug-likeness (QED) is 0.799. The van der Waals surface area contributed by atoms with Crippen molar-refractivity contribution in [2.75, 3.05) is 5.32 Å². The smallest absolute Gasteiger partial charge is 0.315 e. The average molecular weight is 245 g/mol. The standard InChI is InChI=1S/C12H15N5O/c1-2-9(6-13-5-1)7-15-12-17-16-11(18-12)8-14-10-3-4-10/h1-2,5-6,10,14H,3-4,7-8H2,(H,15,17). The molecule has 3 rings (SSSR count). The molecule has 0 saturated heterocycles. The molecular weight excluding hydrogens is 230 g/mol. The van der Waals surface area contributed by atoms with Crippen LogP contribution in [0.15, 0.2) is 28.9 Å². The Morgan fingerprint density at radius 1 is 1.28 bits per heavy atom. The van der Waals surface area contributed by atoms with Crippen LogP contribution in [0.4, 0.5) is 6.01 Å². The highest BCUT2D eigenvalue weighted by molar-refractivity contribution is 5.21. The summed E-state index contributed by atoms with van der Waals surface area (Å²) in [4.78, 5) is 4.04. The highest BCUT2D eigenvalue weighted by Gasteiger charge is 2.21. The van der Waals surface area contributed by atoms with Crippen molar-refractivity contribution < 1.29 is 4.42 Å². The van der Waals surface area contributed by atoms with Crippen molar-refractivity contribution >= 4 is 6.01 Å². The predicted molar refractivity (Wildman–Crippen MR) is 65.7 cm³/mol. The van der Waals surface area contributed by atoms with E-state index in [0.29, 0.717) is 31.0 Å². The molecule has 18 heavy (non-hydrogen) atoms. The van der Waals surface area contributed by atoms with E-state index in [9.17, 15) is 0 Å². The summed E-state index contributed by atoms with van der Waals surface area (Å²) in [7, 11) is 0. The van der Waals surface area contributed by atoms with Crippen LogP contribution in [0.3, 0.4) is 0 Å². The molecule has 0 radical (unpaired) electrons. The molecule has 0 unspecified atom stereocenters. The van der Waals surface area contributed by atoms with E-state index in [2.05, 4.69) is 25.8 Å². The van der Waals surface area contributed by atoms with Gasteiger partial charge in [-0.05, 0) is 24.5 Å². The van der Waals surface area contributed by atoms with E-state index >= 15 is 0 Å². The summed E-state index contributed by atoms with van der Waals surface area (Å²) >= 11 is 0. The van der Waals surface area contributed by atoms with Crippen LogP contribution in [-0.2, 0) is 13.1 Å². The molecule has 1 aliphatic rings. The van der Waals surface area contributed by atoms with Crippen LogP contribution in [-0.4, -0.2) is 21.2 Å². The van der Waals surface area contributed by atoms with Gasteiger partial charge in [0.05, 0.1) is 6.54 Å². The number of anilines is 1. The lowest BCUT2D eigenvalue weighted by molar-refractivity contribution is 0.475. The third-order valence-corrected chi connectivity index (χ3v) is 2.75. The van der Waals surface area contributed by atoms with Gasteiger partial charge < -0.3 is 15.1 Å². The third kappa shape index (κ3) is 3.04. The first kappa shape index (κ1) is 11.2. The van der Waals surface area contributed by atoms with Crippen LogP contribution >= 0.6 is 0 Å². The summed E-state index contributed by atoms with van der Waals surface area (Å²) in [5, 5.41) is 14.3. The Kier molecular flexibility index (Phi) is 3.18. The first-order chi connectivity index (χ1) is 8.90. The van der Waals surface area contributed by atoms with Crippen LogP contribution in [0.5, 0.6) is 0 Å². The maximum absolute atomic E-state index is 5.47. The highest BCUT2D eigenvalue weighted by Crippen LogP contribution is 2.19. The van der Waals surface area contributed by atoms with E-state index in [-0.39, 0.29) is 0 Å². The SMILES string of the molecule is c1cncc(CNc2nnc(CNC3CC3)o2)c1. The molecule has 2 aromatic rings. The van der Waals surface area contributed by atoms with Crippen molar-refractivity contribution in [3.05, 3.63) is 36.0 Å². The number of aromatic nitrogens is 3. The second-order valence-corrected chi connectivity index (χ2v) is 4.37. The molecular formula is C12H15N5O. The number of hydrogen-bond acceptors (Lipinski definition) is 6. The fraction of sp³-hybridized carbons (Fsp3) is 0.417. The van der Waals surface area contributed by atoms with Gasteiger partial charge >= 0.3 is 6.01 Å². The Morgan fingerprint density at radius 2 is 2.22 bits per heavy atom. The summed E-state index contributed by atoms with van der Waals surface area (Å²) in [6.07, 6.45) is 6.05. The number of pyridine rings is 1. The van der Waals surface area contributed by atoms with Gasteiger partial charge in [-0.25, -0.2) is 0 Å². The van der Waals surface area contributed by atoms with Crippen molar-refractivity contribution in [1.29, 1.82) is 0 Å². The number of rotatable bonds is 6. The number of hydrogen-bond donors (Lipinski definition) is 2. The molecule has 6 heteroatoms. The van der Waals surface area contributed by atoms with Gasteiger partial charge in [-0.1, -0.05) is 11.2 Å². The molecule has 1 fully saturated rings. The van der Waals surface area contributed by atoms with Gasteiger partial charge in [-0.15, -0.1) is 5.10 Å². The zero-order valence-corrected chi connectivity index (χ0v) is 9.97. The third-order valence-electron chi connectivity index (χ3n) is 2.75. The largest absolute Gasteiger partial charge is 0.407 e. The Morgan fingerprint density at radius 3 is 3.00 bits per heavy atom. The number of nitrogens with one attached hydrogen (secondary N) is 2. The lowest BCUT2D eigenvalue weighted by atomic mass is 10.3. The first-order valence-electron chi connectivity index (χ1n) is 6.09. The van der Waals surface area contributed by atoms with Crippen LogP contribution in [0.25, 0.3) is 0 Å². The Balaban J connectivity index is 1.50. The summed E-state index contributed by atoms with van der Waals surface area (Å²) in [5.74, 6) is 0.621. The molecule has 0 bridgehead atoms.